The molecule has 1 N–H and O–H groups in total. The second-order valence-corrected chi connectivity index (χ2v) is 2.52. The normalized spacial score (nSPS) is 18.2. The van der Waals surface area contributed by atoms with Gasteiger partial charge in [-0.3, -0.25) is 0 Å². The molecule has 0 aliphatic carbocycles. The Morgan fingerprint density at radius 2 is 2.00 bits per heavy atom. The van der Waals surface area contributed by atoms with E-state index in [1.165, 1.54) is 0 Å². The molecule has 0 unspecified atom stereocenters. The monoisotopic (exact) mass is 128 g/mol. The van der Waals surface area contributed by atoms with Crippen LogP contribution in [0.25, 0.3) is 0 Å². The highest BCUT2D eigenvalue weighted by Crippen LogP contribution is 2.07. The van der Waals surface area contributed by atoms with Crippen LogP contribution in [0.5, 0.6) is 0 Å². The lowest BCUT2D eigenvalue weighted by Crippen LogP contribution is -2.11. The molecule has 0 heterocycles. The summed E-state index contributed by atoms with van der Waals surface area (Å²) >= 11 is 0. The molecule has 0 fully saturated rings. The van der Waals surface area contributed by atoms with Crippen LogP contribution < -0.4 is 0 Å². The van der Waals surface area contributed by atoms with Gasteiger partial charge in [-0.1, -0.05) is 19.1 Å². The minimum atomic E-state index is -0.179. The molecule has 0 saturated carbocycles. The Morgan fingerprint density at radius 3 is 2.33 bits per heavy atom. The fourth-order valence-electron chi connectivity index (χ4n) is 0.548. The van der Waals surface area contributed by atoms with Gasteiger partial charge in [0.2, 0.25) is 0 Å². The van der Waals surface area contributed by atoms with Gasteiger partial charge in [0.15, 0.2) is 0 Å². The molecule has 0 radical (unpaired) electrons. The molecule has 0 aliphatic heterocycles. The summed E-state index contributed by atoms with van der Waals surface area (Å²) in [6.07, 6.45) is 4.89. The Kier molecular flexibility index (Phi) is 4.41. The van der Waals surface area contributed by atoms with Crippen molar-refractivity contribution in [2.45, 2.75) is 33.3 Å². The molecule has 2 atom stereocenters. The minimum absolute atomic E-state index is 0.179. The van der Waals surface area contributed by atoms with Crippen molar-refractivity contribution in [2.24, 2.45) is 5.92 Å². The smallest absolute Gasteiger partial charge is 0.0540 e. The predicted molar refractivity (Wildman–Crippen MR) is 40.3 cm³/mol. The fraction of sp³-hybridized carbons (Fsp3) is 0.750. The SMILES string of the molecule is C/C=C/C[C@@H](C)[C@H](C)O. The van der Waals surface area contributed by atoms with Crippen LogP contribution in [0.15, 0.2) is 12.2 Å². The van der Waals surface area contributed by atoms with E-state index in [9.17, 15) is 0 Å². The molecule has 0 amide bonds. The molecule has 0 spiro atoms. The van der Waals surface area contributed by atoms with E-state index < -0.39 is 0 Å². The Hall–Kier alpha value is -0.300. The van der Waals surface area contributed by atoms with Gasteiger partial charge < -0.3 is 5.11 Å². The lowest BCUT2D eigenvalue weighted by atomic mass is 10.0. The maximum absolute atomic E-state index is 9.01. The van der Waals surface area contributed by atoms with Gasteiger partial charge in [0.1, 0.15) is 0 Å². The largest absolute Gasteiger partial charge is 0.393 e. The topological polar surface area (TPSA) is 20.2 Å². The summed E-state index contributed by atoms with van der Waals surface area (Å²) in [5, 5.41) is 9.01. The van der Waals surface area contributed by atoms with Crippen LogP contribution in [0.4, 0.5) is 0 Å². The summed E-state index contributed by atoms with van der Waals surface area (Å²) in [6, 6.07) is 0. The molecule has 0 aromatic carbocycles. The zero-order valence-corrected chi connectivity index (χ0v) is 6.46. The number of aliphatic hydroxyl groups excluding tert-OH is 1. The summed E-state index contributed by atoms with van der Waals surface area (Å²) in [7, 11) is 0. The van der Waals surface area contributed by atoms with Gasteiger partial charge in [0.05, 0.1) is 6.10 Å². The first-order valence-corrected chi connectivity index (χ1v) is 3.47. The first-order chi connectivity index (χ1) is 4.18. The van der Waals surface area contributed by atoms with Crippen LogP contribution in [-0.4, -0.2) is 11.2 Å². The van der Waals surface area contributed by atoms with E-state index in [0.717, 1.165) is 6.42 Å². The van der Waals surface area contributed by atoms with Crippen LogP contribution in [0, 0.1) is 5.92 Å². The Bertz CT molecular complexity index is 84.6. The first kappa shape index (κ1) is 8.70. The van der Waals surface area contributed by atoms with Crippen LogP contribution in [0.1, 0.15) is 27.2 Å². The molecule has 0 aromatic rings. The molecule has 0 bridgehead atoms. The van der Waals surface area contributed by atoms with Crippen molar-refractivity contribution >= 4 is 0 Å². The van der Waals surface area contributed by atoms with Crippen molar-refractivity contribution in [2.75, 3.05) is 0 Å². The number of aliphatic hydroxyl groups is 1. The molecule has 54 valence electrons. The molecule has 9 heavy (non-hydrogen) atoms. The second-order valence-electron chi connectivity index (χ2n) is 2.52. The standard InChI is InChI=1S/C8H16O/c1-4-5-6-7(2)8(3)9/h4-5,7-9H,6H2,1-3H3/b5-4+/t7-,8+/m1/s1. The van der Waals surface area contributed by atoms with E-state index in [1.54, 1.807) is 0 Å². The Balaban J connectivity index is 3.38. The van der Waals surface area contributed by atoms with Crippen molar-refractivity contribution in [3.05, 3.63) is 12.2 Å². The quantitative estimate of drug-likeness (QED) is 0.576. The third kappa shape index (κ3) is 4.22. The van der Waals surface area contributed by atoms with Crippen molar-refractivity contribution in [3.8, 4) is 0 Å². The number of allylic oxidation sites excluding steroid dienone is 2. The van der Waals surface area contributed by atoms with E-state index in [0.29, 0.717) is 5.92 Å². The van der Waals surface area contributed by atoms with Gasteiger partial charge in [0, 0.05) is 0 Å². The molecule has 1 nitrogen and oxygen atoms in total. The average Bonchev–Trinajstić information content (AvgIpc) is 1.82. The third-order valence-electron chi connectivity index (χ3n) is 1.57. The highest BCUT2D eigenvalue weighted by molar-refractivity contribution is 4.80. The van der Waals surface area contributed by atoms with E-state index in [4.69, 9.17) is 5.11 Å². The van der Waals surface area contributed by atoms with Crippen LogP contribution in [0.3, 0.4) is 0 Å². The van der Waals surface area contributed by atoms with E-state index in [2.05, 4.69) is 6.08 Å². The van der Waals surface area contributed by atoms with E-state index >= 15 is 0 Å². The van der Waals surface area contributed by atoms with Crippen molar-refractivity contribution in [1.82, 2.24) is 0 Å². The van der Waals surface area contributed by atoms with Crippen molar-refractivity contribution < 1.29 is 5.11 Å². The third-order valence-corrected chi connectivity index (χ3v) is 1.57. The van der Waals surface area contributed by atoms with Gasteiger partial charge >= 0.3 is 0 Å². The molecule has 0 saturated heterocycles. The maximum atomic E-state index is 9.01. The van der Waals surface area contributed by atoms with Gasteiger partial charge in [-0.15, -0.1) is 0 Å². The van der Waals surface area contributed by atoms with Gasteiger partial charge in [-0.2, -0.15) is 0 Å². The maximum Gasteiger partial charge on any atom is 0.0540 e. The average molecular weight is 128 g/mol. The number of hydrogen-bond acceptors (Lipinski definition) is 1. The molecular weight excluding hydrogens is 112 g/mol. The van der Waals surface area contributed by atoms with Crippen LogP contribution in [0.2, 0.25) is 0 Å². The summed E-state index contributed by atoms with van der Waals surface area (Å²) in [6.45, 7) is 5.87. The van der Waals surface area contributed by atoms with Gasteiger partial charge in [-0.05, 0) is 26.2 Å². The molecule has 0 aromatic heterocycles. The summed E-state index contributed by atoms with van der Waals surface area (Å²) in [4.78, 5) is 0. The summed E-state index contributed by atoms with van der Waals surface area (Å²) < 4.78 is 0. The number of hydrogen-bond donors (Lipinski definition) is 1. The molecule has 1 heteroatoms. The van der Waals surface area contributed by atoms with Crippen molar-refractivity contribution in [3.63, 3.8) is 0 Å². The van der Waals surface area contributed by atoms with Crippen LogP contribution >= 0.6 is 0 Å². The second kappa shape index (κ2) is 4.57. The first-order valence-electron chi connectivity index (χ1n) is 3.47. The van der Waals surface area contributed by atoms with E-state index in [1.807, 2.05) is 26.8 Å². The van der Waals surface area contributed by atoms with Gasteiger partial charge in [0.25, 0.3) is 0 Å². The fourth-order valence-corrected chi connectivity index (χ4v) is 0.548. The Morgan fingerprint density at radius 1 is 1.44 bits per heavy atom. The Labute approximate surface area is 57.4 Å². The van der Waals surface area contributed by atoms with E-state index in [-0.39, 0.29) is 6.10 Å². The highest BCUT2D eigenvalue weighted by Gasteiger charge is 2.04. The predicted octanol–water partition coefficient (Wildman–Crippen LogP) is 1.97. The highest BCUT2D eigenvalue weighted by atomic mass is 16.3. The molecule has 0 rings (SSSR count). The van der Waals surface area contributed by atoms with Crippen molar-refractivity contribution in [1.29, 1.82) is 0 Å². The molecule has 0 aliphatic rings. The molecular formula is C8H16O. The zero-order valence-electron chi connectivity index (χ0n) is 6.46. The number of rotatable bonds is 3. The minimum Gasteiger partial charge on any atom is -0.393 e. The summed E-state index contributed by atoms with van der Waals surface area (Å²) in [5.74, 6) is 0.390. The van der Waals surface area contributed by atoms with Crippen LogP contribution in [-0.2, 0) is 0 Å². The summed E-state index contributed by atoms with van der Waals surface area (Å²) in [5.41, 5.74) is 0. The van der Waals surface area contributed by atoms with Gasteiger partial charge in [-0.25, -0.2) is 0 Å². The lowest BCUT2D eigenvalue weighted by molar-refractivity contribution is 0.136. The lowest BCUT2D eigenvalue weighted by Gasteiger charge is -2.10. The zero-order chi connectivity index (χ0) is 7.28.